The molecule has 0 fully saturated rings. The molecule has 12 heavy (non-hydrogen) atoms. The molecule has 0 bridgehead atoms. The zero-order chi connectivity index (χ0) is 10.1. The predicted molar refractivity (Wildman–Crippen MR) is 41.6 cm³/mol. The minimum atomic E-state index is -1.63. The van der Waals surface area contributed by atoms with Crippen molar-refractivity contribution in [2.24, 2.45) is 5.73 Å². The SMILES string of the molecule is [2H]C([2H])([NH3+])c1ccc(C(N)=O)cc1.[Cl-]. The van der Waals surface area contributed by atoms with Crippen molar-refractivity contribution in [2.45, 2.75) is 6.50 Å². The summed E-state index contributed by atoms with van der Waals surface area (Å²) >= 11 is 0. The van der Waals surface area contributed by atoms with Gasteiger partial charge in [0.05, 0.1) is 9.24 Å². The molecule has 1 aromatic rings. The van der Waals surface area contributed by atoms with Gasteiger partial charge in [-0.15, -0.1) is 0 Å². The summed E-state index contributed by atoms with van der Waals surface area (Å²) < 4.78 is 14.6. The lowest BCUT2D eigenvalue weighted by molar-refractivity contribution is -0.386. The summed E-state index contributed by atoms with van der Waals surface area (Å²) in [6.07, 6.45) is 0. The zero-order valence-electron chi connectivity index (χ0n) is 8.38. The van der Waals surface area contributed by atoms with E-state index in [-0.39, 0.29) is 12.4 Å². The zero-order valence-corrected chi connectivity index (χ0v) is 7.14. The van der Waals surface area contributed by atoms with Gasteiger partial charge in [-0.2, -0.15) is 0 Å². The number of carbonyl (C=O) groups is 1. The third-order valence-electron chi connectivity index (χ3n) is 1.37. The van der Waals surface area contributed by atoms with Gasteiger partial charge in [-0.1, -0.05) is 12.1 Å². The van der Waals surface area contributed by atoms with Gasteiger partial charge < -0.3 is 23.9 Å². The van der Waals surface area contributed by atoms with Crippen molar-refractivity contribution < 1.29 is 25.7 Å². The van der Waals surface area contributed by atoms with Gasteiger partial charge >= 0.3 is 0 Å². The Morgan fingerprint density at radius 1 is 1.50 bits per heavy atom. The fourth-order valence-electron chi connectivity index (χ4n) is 0.752. The van der Waals surface area contributed by atoms with E-state index in [0.717, 1.165) is 0 Å². The highest BCUT2D eigenvalue weighted by Crippen LogP contribution is 2.01. The summed E-state index contributed by atoms with van der Waals surface area (Å²) in [7, 11) is 0. The molecule has 1 amide bonds. The highest BCUT2D eigenvalue weighted by molar-refractivity contribution is 5.92. The summed E-state index contributed by atoms with van der Waals surface area (Å²) in [6.45, 7) is -1.63. The molecule has 0 radical (unpaired) electrons. The van der Waals surface area contributed by atoms with E-state index in [2.05, 4.69) is 5.73 Å². The monoisotopic (exact) mass is 188 g/mol. The molecule has 1 rings (SSSR count). The summed E-state index contributed by atoms with van der Waals surface area (Å²) in [6, 6.07) is 5.99. The Labute approximate surface area is 80.0 Å². The standard InChI is InChI=1S/C8H10N2O.ClH/c9-5-6-1-3-7(4-2-6)8(10)11;/h1-4H,5,9H2,(H2,10,11);1H/i5D2;. The largest absolute Gasteiger partial charge is 1.00 e. The molecule has 0 heterocycles. The van der Waals surface area contributed by atoms with Crippen molar-refractivity contribution in [3.05, 3.63) is 35.4 Å². The molecule has 0 aliphatic rings. The van der Waals surface area contributed by atoms with E-state index in [4.69, 9.17) is 8.48 Å². The Balaban J connectivity index is 0.00000169. The van der Waals surface area contributed by atoms with E-state index in [1.165, 1.54) is 24.3 Å². The van der Waals surface area contributed by atoms with E-state index in [1.54, 1.807) is 0 Å². The van der Waals surface area contributed by atoms with Crippen molar-refractivity contribution in [1.29, 1.82) is 0 Å². The molecule has 66 valence electrons. The van der Waals surface area contributed by atoms with E-state index >= 15 is 0 Å². The summed E-state index contributed by atoms with van der Waals surface area (Å²) in [4.78, 5) is 10.7. The molecule has 0 aromatic heterocycles. The van der Waals surface area contributed by atoms with Crippen molar-refractivity contribution in [3.8, 4) is 0 Å². The highest BCUT2D eigenvalue weighted by atomic mass is 35.5. The second kappa shape index (κ2) is 4.74. The van der Waals surface area contributed by atoms with E-state index in [1.807, 2.05) is 0 Å². The lowest BCUT2D eigenvalue weighted by Gasteiger charge is -1.95. The minimum Gasteiger partial charge on any atom is -1.00 e. The minimum absolute atomic E-state index is 0. The maximum atomic E-state index is 10.7. The van der Waals surface area contributed by atoms with Crippen LogP contribution in [-0.4, -0.2) is 5.91 Å². The van der Waals surface area contributed by atoms with Crippen LogP contribution >= 0.6 is 0 Å². The van der Waals surface area contributed by atoms with Crippen molar-refractivity contribution >= 4 is 5.91 Å². The average molecular weight is 189 g/mol. The molecule has 0 saturated heterocycles. The van der Waals surface area contributed by atoms with Crippen LogP contribution in [0.25, 0.3) is 0 Å². The van der Waals surface area contributed by atoms with Gasteiger partial charge in [-0.05, 0) is 12.1 Å². The van der Waals surface area contributed by atoms with Crippen LogP contribution in [0.5, 0.6) is 0 Å². The Kier molecular flexibility index (Phi) is 3.00. The molecule has 0 aliphatic carbocycles. The van der Waals surface area contributed by atoms with Crippen LogP contribution in [0.2, 0.25) is 0 Å². The van der Waals surface area contributed by atoms with Crippen LogP contribution in [-0.2, 0) is 6.50 Å². The fourth-order valence-corrected chi connectivity index (χ4v) is 0.752. The van der Waals surface area contributed by atoms with Gasteiger partial charge in [0.15, 0.2) is 0 Å². The molecule has 4 heteroatoms. The van der Waals surface area contributed by atoms with Crippen molar-refractivity contribution in [3.63, 3.8) is 0 Å². The normalized spacial score (nSPS) is 12.4. The molecule has 0 atom stereocenters. The number of amides is 1. The number of benzene rings is 1. The van der Waals surface area contributed by atoms with Gasteiger partial charge in [0, 0.05) is 11.1 Å². The quantitative estimate of drug-likeness (QED) is 0.498. The molecule has 1 aromatic carbocycles. The Morgan fingerprint density at radius 3 is 2.33 bits per heavy atom. The Bertz CT molecular complexity index is 321. The molecule has 0 saturated carbocycles. The van der Waals surface area contributed by atoms with Gasteiger partial charge in [0.25, 0.3) is 0 Å². The summed E-state index contributed by atoms with van der Waals surface area (Å²) in [5.41, 5.74) is 9.15. The molecular formula is C8H11ClN2O. The maximum Gasteiger partial charge on any atom is 0.248 e. The highest BCUT2D eigenvalue weighted by Gasteiger charge is 1.98. The number of hydrogen-bond acceptors (Lipinski definition) is 1. The molecule has 5 N–H and O–H groups in total. The smallest absolute Gasteiger partial charge is 0.248 e. The number of hydrogen-bond donors (Lipinski definition) is 2. The number of rotatable bonds is 2. The molecule has 0 aliphatic heterocycles. The van der Waals surface area contributed by atoms with Gasteiger partial charge in [0.1, 0.15) is 0 Å². The van der Waals surface area contributed by atoms with Crippen LogP contribution in [0, 0.1) is 0 Å². The molecule has 0 spiro atoms. The van der Waals surface area contributed by atoms with E-state index in [0.29, 0.717) is 11.1 Å². The Morgan fingerprint density at radius 2 is 2.00 bits per heavy atom. The summed E-state index contributed by atoms with van der Waals surface area (Å²) in [5.74, 6) is -0.517. The van der Waals surface area contributed by atoms with Crippen LogP contribution in [0.3, 0.4) is 0 Å². The predicted octanol–water partition coefficient (Wildman–Crippen LogP) is -3.47. The summed E-state index contributed by atoms with van der Waals surface area (Å²) in [5, 5.41) is 0. The fraction of sp³-hybridized carbons (Fsp3) is 0.125. The average Bonchev–Trinajstić information content (AvgIpc) is 2.03. The number of primary amides is 1. The number of halogens is 1. The van der Waals surface area contributed by atoms with Gasteiger partial charge in [-0.3, -0.25) is 4.79 Å². The second-order valence-electron chi connectivity index (χ2n) is 2.12. The van der Waals surface area contributed by atoms with Crippen LogP contribution in [0.15, 0.2) is 24.3 Å². The second-order valence-corrected chi connectivity index (χ2v) is 2.12. The van der Waals surface area contributed by atoms with E-state index in [9.17, 15) is 4.79 Å². The first-order chi connectivity index (χ1) is 5.91. The molecular weight excluding hydrogens is 176 g/mol. The first-order valence-corrected chi connectivity index (χ1v) is 3.17. The molecule has 3 nitrogen and oxygen atoms in total. The first-order valence-electron chi connectivity index (χ1n) is 4.17. The number of quaternary nitrogens is 1. The number of carbonyl (C=O) groups excluding carboxylic acids is 1. The van der Waals surface area contributed by atoms with E-state index < -0.39 is 12.4 Å². The Hall–Kier alpha value is -1.06. The van der Waals surface area contributed by atoms with Crippen LogP contribution < -0.4 is 23.9 Å². The van der Waals surface area contributed by atoms with Gasteiger partial charge in [0.2, 0.25) is 5.91 Å². The third kappa shape index (κ3) is 2.53. The van der Waals surface area contributed by atoms with Crippen LogP contribution in [0.1, 0.15) is 18.7 Å². The van der Waals surface area contributed by atoms with Crippen LogP contribution in [0.4, 0.5) is 0 Å². The van der Waals surface area contributed by atoms with Gasteiger partial charge in [-0.25, -0.2) is 0 Å². The number of nitrogens with two attached hydrogens (primary N) is 1. The lowest BCUT2D eigenvalue weighted by atomic mass is 10.1. The molecule has 0 unspecified atom stereocenters. The van der Waals surface area contributed by atoms with Crippen molar-refractivity contribution in [1.82, 2.24) is 0 Å². The first kappa shape index (κ1) is 7.58. The third-order valence-corrected chi connectivity index (χ3v) is 1.37. The lowest BCUT2D eigenvalue weighted by Crippen LogP contribution is -3.00. The van der Waals surface area contributed by atoms with Crippen molar-refractivity contribution in [2.75, 3.05) is 0 Å². The maximum absolute atomic E-state index is 10.7. The topological polar surface area (TPSA) is 70.7 Å².